The predicted octanol–water partition coefficient (Wildman–Crippen LogP) is 5.20. The fraction of sp³-hybridized carbons (Fsp3) is 0.484. The van der Waals surface area contributed by atoms with E-state index in [1.807, 2.05) is 60.0 Å². The molecule has 2 aliphatic heterocycles. The number of rotatable bonds is 8. The summed E-state index contributed by atoms with van der Waals surface area (Å²) in [6, 6.07) is 15.1. The second-order valence-corrected chi connectivity index (χ2v) is 12.1. The molecule has 0 unspecified atom stereocenters. The molecule has 0 bridgehead atoms. The number of hydrogen-bond donors (Lipinski definition) is 1. The van der Waals surface area contributed by atoms with Gasteiger partial charge < -0.3 is 24.4 Å². The molecule has 2 aliphatic rings. The maximum atomic E-state index is 14.0. The molecule has 2 amide bonds. The van der Waals surface area contributed by atoms with Gasteiger partial charge in [0.2, 0.25) is 5.91 Å². The van der Waals surface area contributed by atoms with Gasteiger partial charge in [0, 0.05) is 42.7 Å². The fourth-order valence-corrected chi connectivity index (χ4v) is 6.61. The average Bonchev–Trinajstić information content (AvgIpc) is 3.26. The molecule has 3 atom stereocenters. The van der Waals surface area contributed by atoms with E-state index in [4.69, 9.17) is 16.3 Å². The van der Waals surface area contributed by atoms with Gasteiger partial charge in [-0.1, -0.05) is 37.6 Å². The highest BCUT2D eigenvalue weighted by Gasteiger charge is 2.47. The largest absolute Gasteiger partial charge is 0.497 e. The zero-order chi connectivity index (χ0) is 27.7. The van der Waals surface area contributed by atoms with Crippen molar-refractivity contribution >= 4 is 34.3 Å². The van der Waals surface area contributed by atoms with E-state index in [2.05, 4.69) is 24.1 Å². The van der Waals surface area contributed by atoms with Crippen molar-refractivity contribution < 1.29 is 14.3 Å². The molecule has 8 heteroatoms. The number of hydrogen-bond acceptors (Lipinski definition) is 4. The standard InChI is InChI=1S/C31H39ClN4O3/c1-21-13-22(2)18-34(17-21)12-6-11-33-30(38)31(3)20-35-27-16-26(39-4)10-9-24(27)15-28(35)29(37)36(31)19-23-7-5-8-25(32)14-23/h5,7-10,14-16,21-22H,6,11-13,17-20H2,1-4H3,(H,33,38)/t21-,22+,31-/m0/s1. The molecule has 0 spiro atoms. The zero-order valence-electron chi connectivity index (χ0n) is 23.4. The number of methoxy groups -OCH3 is 1. The molecule has 0 radical (unpaired) electrons. The SMILES string of the molecule is COc1ccc2cc3n(c2c1)C[C@@](C)(C(=O)NCCCN1C[C@H](C)C[C@H](C)C1)N(Cc1cccc(Cl)c1)C3=O. The van der Waals surface area contributed by atoms with Gasteiger partial charge in [0.15, 0.2) is 0 Å². The molecule has 1 aromatic heterocycles. The number of ether oxygens (including phenoxy) is 1. The Morgan fingerprint density at radius 2 is 1.90 bits per heavy atom. The summed E-state index contributed by atoms with van der Waals surface area (Å²) in [5, 5.41) is 4.72. The van der Waals surface area contributed by atoms with Gasteiger partial charge in [-0.15, -0.1) is 0 Å². The third-order valence-corrected chi connectivity index (χ3v) is 8.47. The van der Waals surface area contributed by atoms with Crippen molar-refractivity contribution in [1.29, 1.82) is 0 Å². The first-order valence-corrected chi connectivity index (χ1v) is 14.3. The van der Waals surface area contributed by atoms with Crippen LogP contribution in [0.4, 0.5) is 0 Å². The van der Waals surface area contributed by atoms with Crippen LogP contribution in [-0.4, -0.2) is 65.0 Å². The Morgan fingerprint density at radius 3 is 2.62 bits per heavy atom. The van der Waals surface area contributed by atoms with E-state index in [-0.39, 0.29) is 18.4 Å². The molecule has 3 aromatic rings. The Kier molecular flexibility index (Phi) is 7.92. The smallest absolute Gasteiger partial charge is 0.271 e. The van der Waals surface area contributed by atoms with Gasteiger partial charge in [0.25, 0.3) is 5.91 Å². The number of fused-ring (bicyclic) bond motifs is 3. The van der Waals surface area contributed by atoms with Crippen LogP contribution in [0.1, 0.15) is 49.7 Å². The third-order valence-electron chi connectivity index (χ3n) is 8.24. The first kappa shape index (κ1) is 27.5. The molecule has 3 heterocycles. The zero-order valence-corrected chi connectivity index (χ0v) is 24.1. The quantitative estimate of drug-likeness (QED) is 0.391. The minimum atomic E-state index is -1.09. The molecule has 1 fully saturated rings. The van der Waals surface area contributed by atoms with Crippen LogP contribution in [0, 0.1) is 11.8 Å². The number of nitrogens with one attached hydrogen (secondary N) is 1. The lowest BCUT2D eigenvalue weighted by molar-refractivity contribution is -0.133. The maximum absolute atomic E-state index is 14.0. The van der Waals surface area contributed by atoms with Crippen molar-refractivity contribution in [2.24, 2.45) is 11.8 Å². The number of benzene rings is 2. The Balaban J connectivity index is 1.39. The summed E-state index contributed by atoms with van der Waals surface area (Å²) in [5.74, 6) is 1.81. The molecule has 1 N–H and O–H groups in total. The average molecular weight is 551 g/mol. The molecule has 5 rings (SSSR count). The Bertz CT molecular complexity index is 1360. The number of amides is 2. The van der Waals surface area contributed by atoms with Crippen LogP contribution in [0.5, 0.6) is 5.75 Å². The van der Waals surface area contributed by atoms with Crippen molar-refractivity contribution in [2.75, 3.05) is 33.3 Å². The van der Waals surface area contributed by atoms with E-state index < -0.39 is 5.54 Å². The summed E-state index contributed by atoms with van der Waals surface area (Å²) in [6.45, 7) is 10.9. The summed E-state index contributed by atoms with van der Waals surface area (Å²) in [6.07, 6.45) is 2.16. The second-order valence-electron chi connectivity index (χ2n) is 11.7. The summed E-state index contributed by atoms with van der Waals surface area (Å²) < 4.78 is 7.41. The fourth-order valence-electron chi connectivity index (χ4n) is 6.39. The number of halogens is 1. The van der Waals surface area contributed by atoms with Crippen LogP contribution in [0.15, 0.2) is 48.5 Å². The summed E-state index contributed by atoms with van der Waals surface area (Å²) in [7, 11) is 1.63. The molecule has 1 saturated heterocycles. The number of likely N-dealkylation sites (tertiary alicyclic amines) is 1. The Labute approximate surface area is 236 Å². The molecule has 7 nitrogen and oxygen atoms in total. The van der Waals surface area contributed by atoms with Crippen molar-refractivity contribution in [3.05, 3.63) is 64.8 Å². The predicted molar refractivity (Wildman–Crippen MR) is 155 cm³/mol. The lowest BCUT2D eigenvalue weighted by Gasteiger charge is -2.44. The number of carbonyl (C=O) groups is 2. The van der Waals surface area contributed by atoms with E-state index in [0.29, 0.717) is 41.4 Å². The highest BCUT2D eigenvalue weighted by atomic mass is 35.5. The Hall–Kier alpha value is -3.03. The van der Waals surface area contributed by atoms with E-state index in [1.165, 1.54) is 6.42 Å². The van der Waals surface area contributed by atoms with Gasteiger partial charge >= 0.3 is 0 Å². The normalized spacial score (nSPS) is 23.6. The van der Waals surface area contributed by atoms with Gasteiger partial charge in [-0.25, -0.2) is 0 Å². The third kappa shape index (κ3) is 5.66. The van der Waals surface area contributed by atoms with Crippen LogP contribution in [0.3, 0.4) is 0 Å². The van der Waals surface area contributed by atoms with E-state index >= 15 is 0 Å². The lowest BCUT2D eigenvalue weighted by atomic mass is 9.92. The van der Waals surface area contributed by atoms with Gasteiger partial charge in [-0.05, 0) is 74.0 Å². The molecule has 2 aromatic carbocycles. The summed E-state index contributed by atoms with van der Waals surface area (Å²) in [4.78, 5) is 32.1. The minimum Gasteiger partial charge on any atom is -0.497 e. The Morgan fingerprint density at radius 1 is 1.13 bits per heavy atom. The second kappa shape index (κ2) is 11.2. The monoisotopic (exact) mass is 550 g/mol. The molecular weight excluding hydrogens is 512 g/mol. The minimum absolute atomic E-state index is 0.145. The number of piperidine rings is 1. The molecule has 0 saturated carbocycles. The number of carbonyl (C=O) groups excluding carboxylic acids is 2. The summed E-state index contributed by atoms with van der Waals surface area (Å²) in [5.41, 5.74) is 1.25. The molecule has 39 heavy (non-hydrogen) atoms. The molecule has 208 valence electrons. The topological polar surface area (TPSA) is 66.8 Å². The van der Waals surface area contributed by atoms with Crippen LogP contribution >= 0.6 is 11.6 Å². The highest BCUT2D eigenvalue weighted by molar-refractivity contribution is 6.30. The van der Waals surface area contributed by atoms with Crippen LogP contribution in [0.2, 0.25) is 5.02 Å². The first-order valence-electron chi connectivity index (χ1n) is 13.9. The van der Waals surface area contributed by atoms with Crippen LogP contribution in [0.25, 0.3) is 10.9 Å². The number of nitrogens with zero attached hydrogens (tertiary/aromatic N) is 3. The van der Waals surface area contributed by atoms with Gasteiger partial charge in [-0.3, -0.25) is 9.59 Å². The molecular formula is C31H39ClN4O3. The van der Waals surface area contributed by atoms with Crippen molar-refractivity contribution in [3.8, 4) is 5.75 Å². The van der Waals surface area contributed by atoms with Gasteiger partial charge in [0.05, 0.1) is 19.2 Å². The number of aromatic nitrogens is 1. The highest BCUT2D eigenvalue weighted by Crippen LogP contribution is 2.35. The van der Waals surface area contributed by atoms with Gasteiger partial charge in [-0.2, -0.15) is 0 Å². The lowest BCUT2D eigenvalue weighted by Crippen LogP contribution is -2.63. The van der Waals surface area contributed by atoms with Crippen molar-refractivity contribution in [3.63, 3.8) is 0 Å². The van der Waals surface area contributed by atoms with Crippen molar-refractivity contribution in [2.45, 2.75) is 52.2 Å². The van der Waals surface area contributed by atoms with E-state index in [1.54, 1.807) is 12.0 Å². The summed E-state index contributed by atoms with van der Waals surface area (Å²) >= 11 is 6.26. The maximum Gasteiger partial charge on any atom is 0.271 e. The van der Waals surface area contributed by atoms with Gasteiger partial charge in [0.1, 0.15) is 17.0 Å². The van der Waals surface area contributed by atoms with Crippen molar-refractivity contribution in [1.82, 2.24) is 19.7 Å². The first-order chi connectivity index (χ1) is 18.7. The van der Waals surface area contributed by atoms with Crippen LogP contribution < -0.4 is 10.1 Å². The molecule has 0 aliphatic carbocycles. The van der Waals surface area contributed by atoms with E-state index in [0.717, 1.165) is 42.5 Å². The van der Waals surface area contributed by atoms with Crippen LogP contribution in [-0.2, 0) is 17.9 Å². The van der Waals surface area contributed by atoms with E-state index in [9.17, 15) is 9.59 Å².